The molecule has 7 heteroatoms. The molecule has 1 aromatic carbocycles. The van der Waals surface area contributed by atoms with Crippen molar-refractivity contribution in [1.29, 1.82) is 5.26 Å². The van der Waals surface area contributed by atoms with Gasteiger partial charge in [-0.05, 0) is 17.7 Å². The Morgan fingerprint density at radius 1 is 0.958 bits per heavy atom. The number of nitriles is 1. The molecule has 0 bridgehead atoms. The predicted molar refractivity (Wildman–Crippen MR) is 89.9 cm³/mol. The molecule has 24 heavy (non-hydrogen) atoms. The first-order valence-electron chi connectivity index (χ1n) is 7.18. The normalized spacial score (nSPS) is 10.1. The largest absolute Gasteiger partial charge is 0.336 e. The molecular weight excluding hydrogens is 308 g/mol. The summed E-state index contributed by atoms with van der Waals surface area (Å²) in [7, 11) is 0. The van der Waals surface area contributed by atoms with E-state index < -0.39 is 17.1 Å². The lowest BCUT2D eigenvalue weighted by molar-refractivity contribution is 0.498. The molecule has 0 atom stereocenters. The maximum Gasteiger partial charge on any atom is 0.336 e. The fraction of sp³-hybridized carbons (Fsp3) is 0.176. The van der Waals surface area contributed by atoms with Crippen LogP contribution in [0.25, 0.3) is 0 Å². The molecular formula is C17H16N4O3. The van der Waals surface area contributed by atoms with E-state index in [1.807, 2.05) is 6.07 Å². The van der Waals surface area contributed by atoms with E-state index in [0.29, 0.717) is 11.1 Å². The summed E-state index contributed by atoms with van der Waals surface area (Å²) in [5, 5.41) is 8.95. The zero-order valence-electron chi connectivity index (χ0n) is 13.0. The molecule has 0 unspecified atom stereocenters. The van der Waals surface area contributed by atoms with Gasteiger partial charge in [-0.15, -0.1) is 13.2 Å². The average Bonchev–Trinajstić information content (AvgIpc) is 2.59. The molecule has 0 spiro atoms. The first-order chi connectivity index (χ1) is 11.5. The maximum absolute atomic E-state index is 12.5. The fourth-order valence-corrected chi connectivity index (χ4v) is 2.31. The van der Waals surface area contributed by atoms with Crippen LogP contribution in [-0.2, 0) is 19.6 Å². The van der Waals surface area contributed by atoms with Gasteiger partial charge in [0.2, 0.25) is 0 Å². The first kappa shape index (κ1) is 17.0. The fourth-order valence-electron chi connectivity index (χ4n) is 2.31. The highest BCUT2D eigenvalue weighted by molar-refractivity contribution is 5.32. The molecule has 1 heterocycles. The number of benzene rings is 1. The standard InChI is InChI=1S/C17H16N4O3/c1-3-8-19-15(22)20(9-4-2)17(24)21(16(19)23)12-14-7-5-6-13(10-14)11-18/h3-7,10H,1-2,8-9,12H2. The summed E-state index contributed by atoms with van der Waals surface area (Å²) >= 11 is 0. The van der Waals surface area contributed by atoms with Crippen LogP contribution in [-0.4, -0.2) is 13.7 Å². The second kappa shape index (κ2) is 7.24. The minimum absolute atomic E-state index is 0.00662. The second-order valence-corrected chi connectivity index (χ2v) is 5.04. The molecule has 2 aromatic rings. The SMILES string of the molecule is C=CCn1c(=O)n(CC=C)c(=O)n(Cc2cccc(C#N)c2)c1=O. The summed E-state index contributed by atoms with van der Waals surface area (Å²) < 4.78 is 2.84. The van der Waals surface area contributed by atoms with Crippen LogP contribution >= 0.6 is 0 Å². The van der Waals surface area contributed by atoms with Gasteiger partial charge in [-0.25, -0.2) is 28.1 Å². The van der Waals surface area contributed by atoms with E-state index in [2.05, 4.69) is 13.2 Å². The van der Waals surface area contributed by atoms with Gasteiger partial charge < -0.3 is 0 Å². The molecule has 0 aliphatic carbocycles. The first-order valence-corrected chi connectivity index (χ1v) is 7.18. The van der Waals surface area contributed by atoms with Gasteiger partial charge in [0.25, 0.3) is 0 Å². The Kier molecular flexibility index (Phi) is 5.12. The van der Waals surface area contributed by atoms with Crippen molar-refractivity contribution >= 4 is 0 Å². The van der Waals surface area contributed by atoms with Crippen molar-refractivity contribution in [2.24, 2.45) is 0 Å². The summed E-state index contributed by atoms with van der Waals surface area (Å²) in [6.07, 6.45) is 2.82. The summed E-state index contributed by atoms with van der Waals surface area (Å²) in [6, 6.07) is 8.59. The topological polar surface area (TPSA) is 89.8 Å². The molecule has 0 amide bonds. The van der Waals surface area contributed by atoms with Crippen LogP contribution in [0.5, 0.6) is 0 Å². The van der Waals surface area contributed by atoms with Crippen LogP contribution in [0.2, 0.25) is 0 Å². The Morgan fingerprint density at radius 2 is 1.50 bits per heavy atom. The highest BCUT2D eigenvalue weighted by atomic mass is 16.2. The Morgan fingerprint density at radius 3 is 2.00 bits per heavy atom. The van der Waals surface area contributed by atoms with E-state index in [0.717, 1.165) is 13.7 Å². The number of hydrogen-bond acceptors (Lipinski definition) is 4. The van der Waals surface area contributed by atoms with Crippen LogP contribution in [0, 0.1) is 11.3 Å². The van der Waals surface area contributed by atoms with Crippen molar-refractivity contribution in [2.75, 3.05) is 0 Å². The summed E-state index contributed by atoms with van der Waals surface area (Å²) in [5.41, 5.74) is -1.10. The Bertz CT molecular complexity index is 954. The van der Waals surface area contributed by atoms with Gasteiger partial charge in [-0.3, -0.25) is 0 Å². The zero-order valence-corrected chi connectivity index (χ0v) is 13.0. The maximum atomic E-state index is 12.5. The average molecular weight is 324 g/mol. The van der Waals surface area contributed by atoms with E-state index in [4.69, 9.17) is 5.26 Å². The van der Waals surface area contributed by atoms with Crippen molar-refractivity contribution in [3.63, 3.8) is 0 Å². The predicted octanol–water partition coefficient (Wildman–Crippen LogP) is 0.464. The molecule has 122 valence electrons. The third kappa shape index (κ3) is 3.17. The summed E-state index contributed by atoms with van der Waals surface area (Å²) in [5.74, 6) is 0. The number of allylic oxidation sites excluding steroid dienone is 2. The van der Waals surface area contributed by atoms with Crippen LogP contribution in [0.3, 0.4) is 0 Å². The van der Waals surface area contributed by atoms with E-state index in [1.54, 1.807) is 24.3 Å². The van der Waals surface area contributed by atoms with E-state index in [9.17, 15) is 14.4 Å². The Hall–Kier alpha value is -3.40. The monoisotopic (exact) mass is 324 g/mol. The molecule has 1 aromatic heterocycles. The highest BCUT2D eigenvalue weighted by Gasteiger charge is 2.14. The van der Waals surface area contributed by atoms with Gasteiger partial charge in [0.05, 0.1) is 31.3 Å². The van der Waals surface area contributed by atoms with E-state index in [1.165, 1.54) is 12.2 Å². The third-order valence-electron chi connectivity index (χ3n) is 3.41. The Labute approximate surface area is 137 Å². The molecule has 0 aliphatic rings. The molecule has 7 nitrogen and oxygen atoms in total. The molecule has 2 rings (SSSR count). The van der Waals surface area contributed by atoms with E-state index >= 15 is 0 Å². The lowest BCUT2D eigenvalue weighted by Crippen LogP contribution is -2.54. The lowest BCUT2D eigenvalue weighted by atomic mass is 10.1. The number of rotatable bonds is 6. The van der Waals surface area contributed by atoms with Crippen molar-refractivity contribution in [3.8, 4) is 6.07 Å². The quantitative estimate of drug-likeness (QED) is 0.722. The molecule has 0 fully saturated rings. The highest BCUT2D eigenvalue weighted by Crippen LogP contribution is 2.04. The molecule has 0 saturated carbocycles. The number of hydrogen-bond donors (Lipinski definition) is 0. The van der Waals surface area contributed by atoms with Crippen molar-refractivity contribution in [3.05, 3.63) is 92.2 Å². The van der Waals surface area contributed by atoms with Crippen LogP contribution in [0.4, 0.5) is 0 Å². The second-order valence-electron chi connectivity index (χ2n) is 5.04. The number of nitrogens with zero attached hydrogens (tertiary/aromatic N) is 4. The van der Waals surface area contributed by atoms with Crippen LogP contribution in [0.15, 0.2) is 64.0 Å². The summed E-state index contributed by atoms with van der Waals surface area (Å²) in [6.45, 7) is 6.99. The third-order valence-corrected chi connectivity index (χ3v) is 3.41. The number of aromatic nitrogens is 3. The molecule has 0 aliphatic heterocycles. The minimum Gasteiger partial charge on any atom is -0.247 e. The van der Waals surface area contributed by atoms with Gasteiger partial charge >= 0.3 is 17.1 Å². The lowest BCUT2D eigenvalue weighted by Gasteiger charge is -2.12. The van der Waals surface area contributed by atoms with Gasteiger partial charge in [-0.1, -0.05) is 24.3 Å². The molecule has 0 saturated heterocycles. The minimum atomic E-state index is -0.715. The smallest absolute Gasteiger partial charge is 0.247 e. The van der Waals surface area contributed by atoms with E-state index in [-0.39, 0.29) is 19.6 Å². The van der Waals surface area contributed by atoms with Gasteiger partial charge in [0.1, 0.15) is 0 Å². The van der Waals surface area contributed by atoms with Crippen molar-refractivity contribution < 1.29 is 0 Å². The molecule has 0 N–H and O–H groups in total. The Balaban J connectivity index is 2.68. The zero-order chi connectivity index (χ0) is 17.7. The van der Waals surface area contributed by atoms with Crippen LogP contribution < -0.4 is 17.1 Å². The van der Waals surface area contributed by atoms with Crippen molar-refractivity contribution in [1.82, 2.24) is 13.7 Å². The van der Waals surface area contributed by atoms with Gasteiger partial charge in [-0.2, -0.15) is 5.26 Å². The molecule has 0 radical (unpaired) electrons. The van der Waals surface area contributed by atoms with Gasteiger partial charge in [0, 0.05) is 0 Å². The summed E-state index contributed by atoms with van der Waals surface area (Å²) in [4.78, 5) is 37.2. The van der Waals surface area contributed by atoms with Crippen molar-refractivity contribution in [2.45, 2.75) is 19.6 Å². The van der Waals surface area contributed by atoms with Crippen LogP contribution in [0.1, 0.15) is 11.1 Å². The van der Waals surface area contributed by atoms with Gasteiger partial charge in [0.15, 0.2) is 0 Å².